The number of carbonyl (C=O) groups is 4. The number of Topliss-reactive ketones (excluding diaryl/α,β-unsaturated/α-hetero) is 1. The molecule has 0 saturated carbocycles. The van der Waals surface area contributed by atoms with Gasteiger partial charge in [-0.25, -0.2) is 0 Å². The summed E-state index contributed by atoms with van der Waals surface area (Å²) in [6, 6.07) is 6.84. The van der Waals surface area contributed by atoms with Crippen LogP contribution in [0.25, 0.3) is 0 Å². The minimum Gasteiger partial charge on any atom is -0.504 e. The predicted molar refractivity (Wildman–Crippen MR) is 101 cm³/mol. The van der Waals surface area contributed by atoms with Crippen LogP contribution in [0.3, 0.4) is 0 Å². The Bertz CT molecular complexity index is 1050. The van der Waals surface area contributed by atoms with E-state index < -0.39 is 24.0 Å². The largest absolute Gasteiger partial charge is 0.504 e. The summed E-state index contributed by atoms with van der Waals surface area (Å²) in [6.45, 7) is 3.57. The number of esters is 3. The first kappa shape index (κ1) is 20.8. The van der Waals surface area contributed by atoms with Crippen LogP contribution < -0.4 is 18.9 Å². The summed E-state index contributed by atoms with van der Waals surface area (Å²) < 4.78 is 21.0. The molecule has 1 heterocycles. The van der Waals surface area contributed by atoms with Gasteiger partial charge in [-0.05, 0) is 17.7 Å². The molecule has 30 heavy (non-hydrogen) atoms. The summed E-state index contributed by atoms with van der Waals surface area (Å²) in [5, 5.41) is 9.85. The lowest BCUT2D eigenvalue weighted by Gasteiger charge is -2.27. The first-order valence-corrected chi connectivity index (χ1v) is 8.90. The number of phenols is 1. The molecule has 0 saturated heterocycles. The van der Waals surface area contributed by atoms with E-state index >= 15 is 0 Å². The molecule has 2 aromatic rings. The van der Waals surface area contributed by atoms with Gasteiger partial charge in [-0.1, -0.05) is 6.07 Å². The molecule has 1 N–H and O–H groups in total. The monoisotopic (exact) mass is 414 g/mol. The highest BCUT2D eigenvalue weighted by molar-refractivity contribution is 6.03. The Morgan fingerprint density at radius 2 is 1.57 bits per heavy atom. The summed E-state index contributed by atoms with van der Waals surface area (Å²) in [7, 11) is 0. The molecule has 0 aliphatic carbocycles. The Labute approximate surface area is 171 Å². The number of hydrogen-bond acceptors (Lipinski definition) is 9. The molecule has 3 rings (SSSR count). The zero-order valence-electron chi connectivity index (χ0n) is 16.4. The molecular weight excluding hydrogens is 396 g/mol. The summed E-state index contributed by atoms with van der Waals surface area (Å²) in [6.07, 6.45) is -0.879. The van der Waals surface area contributed by atoms with Crippen molar-refractivity contribution >= 4 is 23.7 Å². The van der Waals surface area contributed by atoms with E-state index in [4.69, 9.17) is 18.9 Å². The zero-order valence-corrected chi connectivity index (χ0v) is 16.4. The van der Waals surface area contributed by atoms with Gasteiger partial charge in [0.15, 0.2) is 17.3 Å². The second-order valence-electron chi connectivity index (χ2n) is 6.54. The van der Waals surface area contributed by atoms with Crippen molar-refractivity contribution in [2.75, 3.05) is 0 Å². The standard InChI is InChI=1S/C21H18O9/c1-10(22)27-14-7-19(29-12(3)24)21-16(26)9-17(30-20(21)8-14)13-4-5-15(25)18(6-13)28-11(2)23/h4-8,17,25H,9H2,1-3H3. The van der Waals surface area contributed by atoms with Crippen LogP contribution in [0.1, 0.15) is 49.2 Å². The van der Waals surface area contributed by atoms with Crippen LogP contribution in [0.15, 0.2) is 30.3 Å². The van der Waals surface area contributed by atoms with Crippen molar-refractivity contribution < 1.29 is 43.2 Å². The maximum atomic E-state index is 12.8. The quantitative estimate of drug-likeness (QED) is 0.594. The molecule has 0 aromatic heterocycles. The maximum absolute atomic E-state index is 12.8. The molecule has 0 spiro atoms. The Kier molecular flexibility index (Phi) is 5.72. The summed E-state index contributed by atoms with van der Waals surface area (Å²) in [5.74, 6) is -2.54. The third-order valence-electron chi connectivity index (χ3n) is 4.08. The summed E-state index contributed by atoms with van der Waals surface area (Å²) >= 11 is 0. The number of aromatic hydroxyl groups is 1. The van der Waals surface area contributed by atoms with Crippen LogP contribution >= 0.6 is 0 Å². The highest BCUT2D eigenvalue weighted by atomic mass is 16.6. The first-order valence-electron chi connectivity index (χ1n) is 8.90. The Morgan fingerprint density at radius 1 is 0.933 bits per heavy atom. The van der Waals surface area contributed by atoms with Gasteiger partial charge in [0.05, 0.1) is 6.42 Å². The van der Waals surface area contributed by atoms with E-state index in [2.05, 4.69) is 0 Å². The van der Waals surface area contributed by atoms with Gasteiger partial charge < -0.3 is 24.1 Å². The Morgan fingerprint density at radius 3 is 2.20 bits per heavy atom. The van der Waals surface area contributed by atoms with Gasteiger partial charge >= 0.3 is 17.9 Å². The number of ether oxygens (including phenoxy) is 4. The minimum absolute atomic E-state index is 0.0391. The lowest BCUT2D eigenvalue weighted by Crippen LogP contribution is -2.22. The van der Waals surface area contributed by atoms with Gasteiger partial charge in [0.2, 0.25) is 0 Å². The summed E-state index contributed by atoms with van der Waals surface area (Å²) in [4.78, 5) is 46.8. The van der Waals surface area contributed by atoms with Crippen molar-refractivity contribution in [2.45, 2.75) is 33.3 Å². The van der Waals surface area contributed by atoms with E-state index in [1.807, 2.05) is 0 Å². The SMILES string of the molecule is CC(=O)Oc1cc(OC(C)=O)c2c(c1)OC(c1ccc(O)c(OC(C)=O)c1)CC2=O. The molecule has 9 heteroatoms. The molecule has 156 valence electrons. The third-order valence-corrected chi connectivity index (χ3v) is 4.08. The maximum Gasteiger partial charge on any atom is 0.308 e. The fraction of sp³-hybridized carbons (Fsp3) is 0.238. The van der Waals surface area contributed by atoms with E-state index in [9.17, 15) is 24.3 Å². The molecule has 1 atom stereocenters. The van der Waals surface area contributed by atoms with E-state index in [1.165, 1.54) is 51.1 Å². The van der Waals surface area contributed by atoms with Crippen LogP contribution in [0.2, 0.25) is 0 Å². The summed E-state index contributed by atoms with van der Waals surface area (Å²) in [5.41, 5.74) is 0.520. The predicted octanol–water partition coefficient (Wildman–Crippen LogP) is 2.87. The lowest BCUT2D eigenvalue weighted by atomic mass is 9.95. The minimum atomic E-state index is -0.780. The van der Waals surface area contributed by atoms with Crippen molar-refractivity contribution in [3.8, 4) is 28.7 Å². The van der Waals surface area contributed by atoms with Gasteiger partial charge in [-0.2, -0.15) is 0 Å². The number of rotatable bonds is 4. The number of benzene rings is 2. The highest BCUT2D eigenvalue weighted by Gasteiger charge is 2.32. The molecule has 0 fully saturated rings. The van der Waals surface area contributed by atoms with Crippen LogP contribution in [-0.2, 0) is 14.4 Å². The second-order valence-corrected chi connectivity index (χ2v) is 6.54. The molecular formula is C21H18O9. The van der Waals surface area contributed by atoms with Gasteiger partial charge in [-0.15, -0.1) is 0 Å². The van der Waals surface area contributed by atoms with Crippen LogP contribution in [-0.4, -0.2) is 28.8 Å². The fourth-order valence-corrected chi connectivity index (χ4v) is 3.01. The van der Waals surface area contributed by atoms with Crippen molar-refractivity contribution in [2.24, 2.45) is 0 Å². The van der Waals surface area contributed by atoms with Crippen molar-refractivity contribution in [1.82, 2.24) is 0 Å². The highest BCUT2D eigenvalue weighted by Crippen LogP contribution is 2.43. The van der Waals surface area contributed by atoms with Crippen molar-refractivity contribution in [3.63, 3.8) is 0 Å². The molecule has 0 amide bonds. The number of phenolic OH excluding ortho intramolecular Hbond substituents is 1. The molecule has 0 radical (unpaired) electrons. The van der Waals surface area contributed by atoms with Crippen LogP contribution in [0, 0.1) is 0 Å². The average Bonchev–Trinajstić information content (AvgIpc) is 2.61. The number of carbonyl (C=O) groups excluding carboxylic acids is 4. The second kappa shape index (κ2) is 8.24. The lowest BCUT2D eigenvalue weighted by molar-refractivity contribution is -0.133. The van der Waals surface area contributed by atoms with Crippen LogP contribution in [0.4, 0.5) is 0 Å². The molecule has 1 aliphatic rings. The van der Waals surface area contributed by atoms with Gasteiger partial charge in [0.1, 0.15) is 28.9 Å². The van der Waals surface area contributed by atoms with E-state index in [-0.39, 0.29) is 46.5 Å². The average molecular weight is 414 g/mol. The smallest absolute Gasteiger partial charge is 0.308 e. The van der Waals surface area contributed by atoms with E-state index in [0.717, 1.165) is 0 Å². The molecule has 1 unspecified atom stereocenters. The number of ketones is 1. The van der Waals surface area contributed by atoms with E-state index in [0.29, 0.717) is 5.56 Å². The molecule has 0 bridgehead atoms. The van der Waals surface area contributed by atoms with Gasteiger partial charge in [0.25, 0.3) is 0 Å². The number of hydrogen-bond donors (Lipinski definition) is 1. The van der Waals surface area contributed by atoms with Crippen molar-refractivity contribution in [3.05, 3.63) is 41.5 Å². The van der Waals surface area contributed by atoms with Gasteiger partial charge in [-0.3, -0.25) is 19.2 Å². The Balaban J connectivity index is 2.01. The molecule has 1 aliphatic heterocycles. The van der Waals surface area contributed by atoms with Crippen LogP contribution in [0.5, 0.6) is 28.7 Å². The molecule has 2 aromatic carbocycles. The van der Waals surface area contributed by atoms with Gasteiger partial charge in [0, 0.05) is 32.9 Å². The fourth-order valence-electron chi connectivity index (χ4n) is 3.01. The van der Waals surface area contributed by atoms with E-state index in [1.54, 1.807) is 0 Å². The third kappa shape index (κ3) is 4.57. The number of fused-ring (bicyclic) bond motifs is 1. The zero-order chi connectivity index (χ0) is 22.0. The first-order chi connectivity index (χ1) is 14.1. The Hall–Kier alpha value is -3.88. The molecule has 9 nitrogen and oxygen atoms in total. The topological polar surface area (TPSA) is 125 Å². The normalized spacial score (nSPS) is 14.9. The van der Waals surface area contributed by atoms with Crippen molar-refractivity contribution in [1.29, 1.82) is 0 Å².